The van der Waals surface area contributed by atoms with Gasteiger partial charge in [0.2, 0.25) is 0 Å². The molecular weight excluding hydrogens is 276 g/mol. The fourth-order valence-electron chi connectivity index (χ4n) is 3.05. The summed E-state index contributed by atoms with van der Waals surface area (Å²) in [6.07, 6.45) is 3.09. The zero-order valence-corrected chi connectivity index (χ0v) is 13.0. The van der Waals surface area contributed by atoms with Crippen LogP contribution < -0.4 is 4.74 Å². The van der Waals surface area contributed by atoms with Gasteiger partial charge in [-0.1, -0.05) is 0 Å². The van der Waals surface area contributed by atoms with Gasteiger partial charge in [-0.2, -0.15) is 0 Å². The van der Waals surface area contributed by atoms with Crippen LogP contribution in [0.25, 0.3) is 0 Å². The quantitative estimate of drug-likeness (QED) is 0.853. The topological polar surface area (TPSA) is 46.5 Å². The molecule has 0 unspecified atom stereocenters. The van der Waals surface area contributed by atoms with E-state index >= 15 is 0 Å². The molecule has 0 saturated heterocycles. The largest absolute Gasteiger partial charge is 0.508 e. The highest BCUT2D eigenvalue weighted by Gasteiger charge is 2.21. The van der Waals surface area contributed by atoms with Crippen molar-refractivity contribution in [3.05, 3.63) is 58.1 Å². The normalized spacial score (nSPS) is 13.9. The van der Waals surface area contributed by atoms with E-state index in [1.165, 1.54) is 5.56 Å². The number of hydrogen-bond acceptors (Lipinski definition) is 3. The lowest BCUT2D eigenvalue weighted by atomic mass is 9.91. The molecule has 0 atom stereocenters. The predicted molar refractivity (Wildman–Crippen MR) is 85.9 cm³/mol. The van der Waals surface area contributed by atoms with E-state index in [0.29, 0.717) is 5.56 Å². The lowest BCUT2D eigenvalue weighted by Gasteiger charge is -2.16. The van der Waals surface area contributed by atoms with Crippen molar-refractivity contribution in [3.63, 3.8) is 0 Å². The Bertz CT molecular complexity index is 714. The minimum atomic E-state index is -0.00681. The molecule has 0 aromatic heterocycles. The van der Waals surface area contributed by atoms with Crippen LogP contribution >= 0.6 is 0 Å². The maximum Gasteiger partial charge on any atom is 0.193 e. The number of fused-ring (bicyclic) bond motifs is 1. The fourth-order valence-corrected chi connectivity index (χ4v) is 3.05. The zero-order valence-electron chi connectivity index (χ0n) is 13.0. The monoisotopic (exact) mass is 296 g/mol. The molecular formula is C19H20O3. The van der Waals surface area contributed by atoms with E-state index in [9.17, 15) is 9.90 Å². The second-order valence-corrected chi connectivity index (χ2v) is 5.86. The molecule has 0 bridgehead atoms. The summed E-state index contributed by atoms with van der Waals surface area (Å²) in [4.78, 5) is 12.8. The van der Waals surface area contributed by atoms with Crippen molar-refractivity contribution in [3.8, 4) is 11.5 Å². The summed E-state index contributed by atoms with van der Waals surface area (Å²) in [5.74, 6) is 1.12. The fraction of sp³-hybridized carbons (Fsp3) is 0.316. The molecule has 0 spiro atoms. The molecule has 2 aromatic carbocycles. The van der Waals surface area contributed by atoms with E-state index in [0.717, 1.165) is 48.3 Å². The first-order valence-corrected chi connectivity index (χ1v) is 7.67. The zero-order chi connectivity index (χ0) is 15.7. The number of aryl methyl sites for hydroxylation is 1. The molecule has 114 valence electrons. The molecule has 0 saturated carbocycles. The lowest BCUT2D eigenvalue weighted by Crippen LogP contribution is -2.08. The van der Waals surface area contributed by atoms with E-state index in [1.54, 1.807) is 24.3 Å². The molecule has 1 heterocycles. The van der Waals surface area contributed by atoms with E-state index < -0.39 is 0 Å². The molecule has 0 amide bonds. The summed E-state index contributed by atoms with van der Waals surface area (Å²) in [5.41, 5.74) is 4.52. The summed E-state index contributed by atoms with van der Waals surface area (Å²) in [7, 11) is 0. The Balaban J connectivity index is 2.07. The van der Waals surface area contributed by atoms with Gasteiger partial charge in [-0.05, 0) is 80.1 Å². The first-order valence-electron chi connectivity index (χ1n) is 7.67. The number of ether oxygens (including phenoxy) is 1. The van der Waals surface area contributed by atoms with Gasteiger partial charge in [0.15, 0.2) is 5.78 Å². The van der Waals surface area contributed by atoms with Gasteiger partial charge in [0.25, 0.3) is 0 Å². The van der Waals surface area contributed by atoms with Crippen LogP contribution in [-0.2, 0) is 6.42 Å². The summed E-state index contributed by atoms with van der Waals surface area (Å²) in [6, 6.07) is 8.34. The van der Waals surface area contributed by atoms with E-state index in [2.05, 4.69) is 0 Å². The Kier molecular flexibility index (Phi) is 3.88. The number of phenolic OH excluding ortho intramolecular Hbond substituents is 1. The predicted octanol–water partition coefficient (Wildman–Crippen LogP) is 3.96. The molecule has 1 aliphatic rings. The highest BCUT2D eigenvalue weighted by atomic mass is 16.5. The van der Waals surface area contributed by atoms with Gasteiger partial charge < -0.3 is 9.84 Å². The van der Waals surface area contributed by atoms with Crippen molar-refractivity contribution in [2.45, 2.75) is 33.1 Å². The van der Waals surface area contributed by atoms with Crippen molar-refractivity contribution in [1.29, 1.82) is 0 Å². The number of benzene rings is 2. The minimum Gasteiger partial charge on any atom is -0.508 e. The molecule has 3 nitrogen and oxygen atoms in total. The third-order valence-electron chi connectivity index (χ3n) is 4.29. The molecule has 22 heavy (non-hydrogen) atoms. The first kappa shape index (κ1) is 14.6. The number of rotatable bonds is 2. The molecule has 3 rings (SSSR count). The Morgan fingerprint density at radius 3 is 2.59 bits per heavy atom. The van der Waals surface area contributed by atoms with Crippen molar-refractivity contribution in [2.24, 2.45) is 0 Å². The third kappa shape index (κ3) is 2.59. The second-order valence-electron chi connectivity index (χ2n) is 5.86. The SMILES string of the molecule is Cc1cc(C(=O)c2ccc(O)cc2)c(C)c2c1OCCCC2. The van der Waals surface area contributed by atoms with Gasteiger partial charge in [0, 0.05) is 11.1 Å². The number of hydrogen-bond donors (Lipinski definition) is 1. The second kappa shape index (κ2) is 5.84. The molecule has 1 aliphatic heterocycles. The first-order chi connectivity index (χ1) is 10.6. The van der Waals surface area contributed by atoms with E-state index in [1.807, 2.05) is 19.9 Å². The number of aromatic hydroxyl groups is 1. The summed E-state index contributed by atoms with van der Waals surface area (Å²) < 4.78 is 5.87. The summed E-state index contributed by atoms with van der Waals surface area (Å²) >= 11 is 0. The Hall–Kier alpha value is -2.29. The van der Waals surface area contributed by atoms with Crippen LogP contribution in [0.1, 0.15) is 45.5 Å². The molecule has 0 fully saturated rings. The number of carbonyl (C=O) groups excluding carboxylic acids is 1. The van der Waals surface area contributed by atoms with Crippen molar-refractivity contribution >= 4 is 5.78 Å². The Labute approximate surface area is 130 Å². The van der Waals surface area contributed by atoms with Crippen LogP contribution in [0.3, 0.4) is 0 Å². The Morgan fingerprint density at radius 1 is 1.14 bits per heavy atom. The number of ketones is 1. The van der Waals surface area contributed by atoms with E-state index in [-0.39, 0.29) is 11.5 Å². The molecule has 1 N–H and O–H groups in total. The Morgan fingerprint density at radius 2 is 1.86 bits per heavy atom. The van der Waals surface area contributed by atoms with Gasteiger partial charge in [-0.15, -0.1) is 0 Å². The highest BCUT2D eigenvalue weighted by Crippen LogP contribution is 2.34. The van der Waals surface area contributed by atoms with Gasteiger partial charge in [-0.25, -0.2) is 0 Å². The van der Waals surface area contributed by atoms with Gasteiger partial charge in [0.05, 0.1) is 6.61 Å². The van der Waals surface area contributed by atoms with Crippen LogP contribution in [0.2, 0.25) is 0 Å². The van der Waals surface area contributed by atoms with Gasteiger partial charge >= 0.3 is 0 Å². The summed E-state index contributed by atoms with van der Waals surface area (Å²) in [5, 5.41) is 9.37. The number of phenols is 1. The average molecular weight is 296 g/mol. The molecule has 0 aliphatic carbocycles. The lowest BCUT2D eigenvalue weighted by molar-refractivity contribution is 0.103. The highest BCUT2D eigenvalue weighted by molar-refractivity contribution is 6.10. The van der Waals surface area contributed by atoms with Crippen molar-refractivity contribution in [2.75, 3.05) is 6.61 Å². The number of carbonyl (C=O) groups is 1. The third-order valence-corrected chi connectivity index (χ3v) is 4.29. The maximum absolute atomic E-state index is 12.8. The molecule has 2 aromatic rings. The standard InChI is InChI=1S/C19H20O3/c1-12-11-17(18(21)14-6-8-15(20)9-7-14)13(2)16-5-3-4-10-22-19(12)16/h6-9,11,20H,3-5,10H2,1-2H3. The molecule has 3 heteroatoms. The van der Waals surface area contributed by atoms with Gasteiger partial charge in [0.1, 0.15) is 11.5 Å². The van der Waals surface area contributed by atoms with E-state index in [4.69, 9.17) is 4.74 Å². The van der Waals surface area contributed by atoms with Crippen LogP contribution in [0.15, 0.2) is 30.3 Å². The van der Waals surface area contributed by atoms with Crippen molar-refractivity contribution in [1.82, 2.24) is 0 Å². The average Bonchev–Trinajstić information content (AvgIpc) is 2.77. The van der Waals surface area contributed by atoms with Crippen LogP contribution in [0.4, 0.5) is 0 Å². The minimum absolute atomic E-state index is 0.00681. The maximum atomic E-state index is 12.8. The molecule has 0 radical (unpaired) electrons. The van der Waals surface area contributed by atoms with Crippen LogP contribution in [-0.4, -0.2) is 17.5 Å². The smallest absolute Gasteiger partial charge is 0.193 e. The summed E-state index contributed by atoms with van der Waals surface area (Å²) in [6.45, 7) is 4.75. The van der Waals surface area contributed by atoms with Gasteiger partial charge in [-0.3, -0.25) is 4.79 Å². The van der Waals surface area contributed by atoms with Crippen molar-refractivity contribution < 1.29 is 14.6 Å². The van der Waals surface area contributed by atoms with Crippen LogP contribution in [0, 0.1) is 13.8 Å². The van der Waals surface area contributed by atoms with Crippen LogP contribution in [0.5, 0.6) is 11.5 Å².